The molecule has 1 aromatic heterocycles. The van der Waals surface area contributed by atoms with Crippen LogP contribution in [0.15, 0.2) is 42.6 Å². The molecule has 3 nitrogen and oxygen atoms in total. The smallest absolute Gasteiger partial charge is 0.399 e. The van der Waals surface area contributed by atoms with Gasteiger partial charge >= 0.3 is 7.12 Å². The van der Waals surface area contributed by atoms with Gasteiger partial charge in [-0.25, -0.2) is 0 Å². The summed E-state index contributed by atoms with van der Waals surface area (Å²) in [6.07, 6.45) is 1.81. The lowest BCUT2D eigenvalue weighted by Gasteiger charge is -2.32. The number of hydrogen-bond donors (Lipinski definition) is 0. The van der Waals surface area contributed by atoms with Crippen molar-refractivity contribution in [3.05, 3.63) is 47.6 Å². The van der Waals surface area contributed by atoms with Gasteiger partial charge in [-0.05, 0) is 45.9 Å². The fraction of sp³-hybridized carbons (Fsp3) is 0.353. The van der Waals surface area contributed by atoms with Crippen molar-refractivity contribution in [2.24, 2.45) is 0 Å². The van der Waals surface area contributed by atoms with Crippen LogP contribution in [0.4, 0.5) is 0 Å². The second-order valence-corrected chi connectivity index (χ2v) is 7.01. The summed E-state index contributed by atoms with van der Waals surface area (Å²) in [4.78, 5) is 4.52. The third-order valence-corrected chi connectivity index (χ3v) is 4.70. The molecule has 0 radical (unpaired) electrons. The maximum absolute atomic E-state index is 6.03. The molecule has 5 heteroatoms. The van der Waals surface area contributed by atoms with Gasteiger partial charge in [-0.1, -0.05) is 29.8 Å². The molecule has 114 valence electrons. The van der Waals surface area contributed by atoms with Crippen LogP contribution in [-0.4, -0.2) is 23.3 Å². The van der Waals surface area contributed by atoms with Crippen molar-refractivity contribution in [2.75, 3.05) is 0 Å². The number of pyridine rings is 1. The van der Waals surface area contributed by atoms with Gasteiger partial charge in [0.1, 0.15) is 0 Å². The standard InChI is InChI=1S/C17H19BClNO2/c1-16(2)17(3,4)22-18(21-16)13-7-10-15(20-11-13)12-5-8-14(19)9-6-12/h5-11H,1-4H3. The predicted molar refractivity (Wildman–Crippen MR) is 90.4 cm³/mol. The molecule has 22 heavy (non-hydrogen) atoms. The van der Waals surface area contributed by atoms with Crippen LogP contribution in [0.5, 0.6) is 0 Å². The number of benzene rings is 1. The lowest BCUT2D eigenvalue weighted by Crippen LogP contribution is -2.41. The van der Waals surface area contributed by atoms with Crippen molar-refractivity contribution in [2.45, 2.75) is 38.9 Å². The summed E-state index contributed by atoms with van der Waals surface area (Å²) in [5.41, 5.74) is 2.18. The van der Waals surface area contributed by atoms with E-state index >= 15 is 0 Å². The van der Waals surface area contributed by atoms with Crippen LogP contribution in [0.3, 0.4) is 0 Å². The number of hydrogen-bond acceptors (Lipinski definition) is 3. The minimum atomic E-state index is -0.378. The molecular formula is C17H19BClNO2. The van der Waals surface area contributed by atoms with Gasteiger partial charge in [-0.15, -0.1) is 0 Å². The van der Waals surface area contributed by atoms with Gasteiger partial charge in [0.05, 0.1) is 16.9 Å². The molecule has 0 saturated carbocycles. The van der Waals surface area contributed by atoms with Crippen LogP contribution in [0.2, 0.25) is 5.02 Å². The molecular weight excluding hydrogens is 296 g/mol. The summed E-state index contributed by atoms with van der Waals surface area (Å²) in [5.74, 6) is 0. The van der Waals surface area contributed by atoms with Crippen molar-refractivity contribution in [1.82, 2.24) is 4.98 Å². The van der Waals surface area contributed by atoms with Crippen LogP contribution in [0.1, 0.15) is 27.7 Å². The maximum atomic E-state index is 6.03. The Balaban J connectivity index is 1.82. The van der Waals surface area contributed by atoms with Gasteiger partial charge in [0.2, 0.25) is 0 Å². The van der Waals surface area contributed by atoms with E-state index in [1.807, 2.05) is 70.3 Å². The zero-order chi connectivity index (χ0) is 16.0. The highest BCUT2D eigenvalue weighted by molar-refractivity contribution is 6.62. The molecule has 0 atom stereocenters. The Kier molecular flexibility index (Phi) is 3.80. The van der Waals surface area contributed by atoms with Gasteiger partial charge in [-0.3, -0.25) is 4.98 Å². The Bertz CT molecular complexity index is 652. The molecule has 1 saturated heterocycles. The molecule has 0 N–H and O–H groups in total. The molecule has 0 bridgehead atoms. The number of aromatic nitrogens is 1. The van der Waals surface area contributed by atoms with Crippen LogP contribution >= 0.6 is 11.6 Å². The Morgan fingerprint density at radius 3 is 2.00 bits per heavy atom. The first-order valence-electron chi connectivity index (χ1n) is 7.36. The van der Waals surface area contributed by atoms with E-state index < -0.39 is 0 Å². The lowest BCUT2D eigenvalue weighted by atomic mass is 9.80. The zero-order valence-electron chi connectivity index (χ0n) is 13.3. The van der Waals surface area contributed by atoms with Gasteiger partial charge < -0.3 is 9.31 Å². The molecule has 2 aromatic rings. The molecule has 0 amide bonds. The first kappa shape index (κ1) is 15.5. The summed E-state index contributed by atoms with van der Waals surface area (Å²) >= 11 is 5.91. The van der Waals surface area contributed by atoms with E-state index in [9.17, 15) is 0 Å². The van der Waals surface area contributed by atoms with Crippen molar-refractivity contribution in [3.63, 3.8) is 0 Å². The second-order valence-electron chi connectivity index (χ2n) is 6.57. The van der Waals surface area contributed by atoms with E-state index in [-0.39, 0.29) is 18.3 Å². The molecule has 1 aliphatic heterocycles. The summed E-state index contributed by atoms with van der Waals surface area (Å²) in [5, 5.41) is 0.720. The fourth-order valence-corrected chi connectivity index (χ4v) is 2.44. The van der Waals surface area contributed by atoms with Gasteiger partial charge in [-0.2, -0.15) is 0 Å². The molecule has 1 aromatic carbocycles. The molecule has 0 aliphatic carbocycles. The summed E-state index contributed by atoms with van der Waals surface area (Å²) in [7, 11) is -0.378. The molecule has 3 rings (SSSR count). The third kappa shape index (κ3) is 2.79. The largest absolute Gasteiger partial charge is 0.496 e. The molecule has 0 unspecified atom stereocenters. The molecule has 1 aliphatic rings. The number of rotatable bonds is 2. The van der Waals surface area contributed by atoms with Crippen molar-refractivity contribution >= 4 is 24.2 Å². The van der Waals surface area contributed by atoms with Crippen LogP contribution in [0.25, 0.3) is 11.3 Å². The number of halogens is 1. The Hall–Kier alpha value is -1.36. The highest BCUT2D eigenvalue weighted by atomic mass is 35.5. The van der Waals surface area contributed by atoms with E-state index in [4.69, 9.17) is 20.9 Å². The van der Waals surface area contributed by atoms with Crippen molar-refractivity contribution in [3.8, 4) is 11.3 Å². The summed E-state index contributed by atoms with van der Waals surface area (Å²) < 4.78 is 12.1. The average molecular weight is 316 g/mol. The lowest BCUT2D eigenvalue weighted by molar-refractivity contribution is 0.00578. The first-order chi connectivity index (χ1) is 10.3. The number of nitrogens with zero attached hydrogens (tertiary/aromatic N) is 1. The van der Waals surface area contributed by atoms with Crippen LogP contribution < -0.4 is 5.46 Å². The van der Waals surface area contributed by atoms with E-state index in [1.165, 1.54) is 0 Å². The Labute approximate surface area is 136 Å². The maximum Gasteiger partial charge on any atom is 0.496 e. The van der Waals surface area contributed by atoms with Crippen molar-refractivity contribution < 1.29 is 9.31 Å². The Morgan fingerprint density at radius 2 is 1.50 bits per heavy atom. The van der Waals surface area contributed by atoms with E-state index in [0.717, 1.165) is 21.7 Å². The molecule has 1 fully saturated rings. The van der Waals surface area contributed by atoms with Crippen LogP contribution in [0, 0.1) is 0 Å². The minimum Gasteiger partial charge on any atom is -0.399 e. The highest BCUT2D eigenvalue weighted by Gasteiger charge is 2.51. The third-order valence-electron chi connectivity index (χ3n) is 4.45. The van der Waals surface area contributed by atoms with Crippen LogP contribution in [-0.2, 0) is 9.31 Å². The molecule has 2 heterocycles. The monoisotopic (exact) mass is 315 g/mol. The SMILES string of the molecule is CC1(C)OB(c2ccc(-c3ccc(Cl)cc3)nc2)OC1(C)C. The fourth-order valence-electron chi connectivity index (χ4n) is 2.32. The quantitative estimate of drug-likeness (QED) is 0.792. The predicted octanol–water partition coefficient (Wildman–Crippen LogP) is 3.70. The van der Waals surface area contributed by atoms with Gasteiger partial charge in [0.15, 0.2) is 0 Å². The zero-order valence-corrected chi connectivity index (χ0v) is 14.0. The first-order valence-corrected chi connectivity index (χ1v) is 7.74. The van der Waals surface area contributed by atoms with Gasteiger partial charge in [0, 0.05) is 22.2 Å². The van der Waals surface area contributed by atoms with E-state index in [2.05, 4.69) is 4.98 Å². The topological polar surface area (TPSA) is 31.4 Å². The highest BCUT2D eigenvalue weighted by Crippen LogP contribution is 2.36. The Morgan fingerprint density at radius 1 is 0.909 bits per heavy atom. The normalized spacial score (nSPS) is 19.4. The molecule has 0 spiro atoms. The van der Waals surface area contributed by atoms with E-state index in [0.29, 0.717) is 0 Å². The second kappa shape index (κ2) is 5.37. The van der Waals surface area contributed by atoms with E-state index in [1.54, 1.807) is 0 Å². The summed E-state index contributed by atoms with van der Waals surface area (Å²) in [6, 6.07) is 11.6. The minimum absolute atomic E-state index is 0.341. The van der Waals surface area contributed by atoms with Crippen molar-refractivity contribution in [1.29, 1.82) is 0 Å². The van der Waals surface area contributed by atoms with Gasteiger partial charge in [0.25, 0.3) is 0 Å². The summed E-state index contributed by atoms with van der Waals surface area (Å²) in [6.45, 7) is 8.18. The average Bonchev–Trinajstić information content (AvgIpc) is 2.68.